The van der Waals surface area contributed by atoms with Crippen molar-refractivity contribution in [3.8, 4) is 22.5 Å². The summed E-state index contributed by atoms with van der Waals surface area (Å²) in [6, 6.07) is 15.4. The summed E-state index contributed by atoms with van der Waals surface area (Å²) in [5, 5.41) is -0.626. The maximum atomic E-state index is 12.9. The van der Waals surface area contributed by atoms with Gasteiger partial charge in [-0.05, 0) is 26.0 Å². The number of rotatable bonds is 5. The monoisotopic (exact) mass is 423 g/mol. The van der Waals surface area contributed by atoms with Crippen LogP contribution in [0.3, 0.4) is 0 Å². The molecular weight excluding hydrogens is 398 g/mol. The third kappa shape index (κ3) is 3.27. The van der Waals surface area contributed by atoms with Gasteiger partial charge < -0.3 is 10.7 Å². The number of nitrogens with two attached hydrogens (primary N) is 1. The van der Waals surface area contributed by atoms with Crippen molar-refractivity contribution in [1.82, 2.24) is 18.9 Å². The molecule has 2 heterocycles. The van der Waals surface area contributed by atoms with Gasteiger partial charge in [-0.2, -0.15) is 0 Å². The van der Waals surface area contributed by atoms with Crippen molar-refractivity contribution >= 4 is 27.0 Å². The zero-order chi connectivity index (χ0) is 21.6. The van der Waals surface area contributed by atoms with E-state index in [0.717, 1.165) is 32.3 Å². The molecule has 0 aliphatic carbocycles. The molecule has 4 rings (SSSR count). The van der Waals surface area contributed by atoms with Gasteiger partial charge in [-0.1, -0.05) is 50.2 Å². The maximum absolute atomic E-state index is 12.9. The van der Waals surface area contributed by atoms with Crippen LogP contribution in [0.1, 0.15) is 39.4 Å². The van der Waals surface area contributed by atoms with Crippen LogP contribution in [-0.2, 0) is 10.0 Å². The second kappa shape index (κ2) is 7.28. The van der Waals surface area contributed by atoms with E-state index in [-0.39, 0.29) is 11.9 Å². The Hall–Kier alpha value is -3.13. The molecule has 7 nitrogen and oxygen atoms in total. The van der Waals surface area contributed by atoms with E-state index in [0.29, 0.717) is 11.0 Å². The molecule has 0 aliphatic heterocycles. The van der Waals surface area contributed by atoms with Gasteiger partial charge in [0.15, 0.2) is 0 Å². The fourth-order valence-corrected chi connectivity index (χ4v) is 4.53. The number of anilines is 1. The molecule has 4 aromatic rings. The number of imidazole rings is 2. The van der Waals surface area contributed by atoms with E-state index in [1.54, 1.807) is 26.0 Å². The Morgan fingerprint density at radius 2 is 1.67 bits per heavy atom. The predicted octanol–water partition coefficient (Wildman–Crippen LogP) is 4.39. The van der Waals surface area contributed by atoms with Crippen molar-refractivity contribution in [3.05, 3.63) is 54.4 Å². The van der Waals surface area contributed by atoms with Gasteiger partial charge in [-0.15, -0.1) is 0 Å². The summed E-state index contributed by atoms with van der Waals surface area (Å²) in [4.78, 5) is 12.5. The van der Waals surface area contributed by atoms with E-state index in [4.69, 9.17) is 10.7 Å². The molecule has 30 heavy (non-hydrogen) atoms. The summed E-state index contributed by atoms with van der Waals surface area (Å²) in [5.41, 5.74) is 10.4. The highest BCUT2D eigenvalue weighted by Gasteiger charge is 2.25. The van der Waals surface area contributed by atoms with E-state index in [2.05, 4.69) is 23.8 Å². The van der Waals surface area contributed by atoms with E-state index < -0.39 is 15.3 Å². The molecule has 0 aliphatic rings. The topological polar surface area (TPSA) is 107 Å². The number of benzene rings is 2. The minimum Gasteiger partial charge on any atom is -0.368 e. The largest absolute Gasteiger partial charge is 0.368 e. The van der Waals surface area contributed by atoms with E-state index in [1.165, 1.54) is 0 Å². The Kier molecular flexibility index (Phi) is 4.89. The normalized spacial score (nSPS) is 12.3. The zero-order valence-electron chi connectivity index (χ0n) is 17.4. The summed E-state index contributed by atoms with van der Waals surface area (Å²) in [6.07, 6.45) is 0. The molecule has 0 saturated carbocycles. The Labute approximate surface area is 176 Å². The van der Waals surface area contributed by atoms with Crippen LogP contribution in [0.25, 0.3) is 33.5 Å². The van der Waals surface area contributed by atoms with Crippen LogP contribution in [0, 0.1) is 0 Å². The van der Waals surface area contributed by atoms with E-state index in [9.17, 15) is 8.42 Å². The molecule has 2 aromatic carbocycles. The highest BCUT2D eigenvalue weighted by molar-refractivity contribution is 7.90. The molecule has 0 atom stereocenters. The molecule has 0 bridgehead atoms. The lowest BCUT2D eigenvalue weighted by atomic mass is 10.0. The molecule has 0 radical (unpaired) electrons. The molecule has 3 N–H and O–H groups in total. The number of nitrogens with one attached hydrogen (secondary N) is 1. The summed E-state index contributed by atoms with van der Waals surface area (Å²) in [5.74, 6) is 1.04. The van der Waals surface area contributed by atoms with Crippen molar-refractivity contribution in [2.45, 2.75) is 38.9 Å². The third-order valence-corrected chi connectivity index (χ3v) is 7.18. The minimum atomic E-state index is -3.66. The van der Waals surface area contributed by atoms with Crippen molar-refractivity contribution in [2.75, 3.05) is 5.73 Å². The standard InChI is InChI=1S/C22H25N5O2S/c1-13(2)21-25-19(15-8-6-5-7-9-15)20(26-21)16-10-11-17-18(12-16)27(22(23)24-17)30(28,29)14(3)4/h5-14H,1-4H3,(H2,23,24)(H,25,26). The van der Waals surface area contributed by atoms with E-state index in [1.807, 2.05) is 36.4 Å². The number of fused-ring (bicyclic) bond motifs is 1. The van der Waals surface area contributed by atoms with Gasteiger partial charge in [0.2, 0.25) is 16.0 Å². The first kappa shape index (κ1) is 20.2. The maximum Gasteiger partial charge on any atom is 0.244 e. The quantitative estimate of drug-likeness (QED) is 0.495. The van der Waals surface area contributed by atoms with Gasteiger partial charge in [0, 0.05) is 17.0 Å². The minimum absolute atomic E-state index is 0.0379. The smallest absolute Gasteiger partial charge is 0.244 e. The molecular formula is C22H25N5O2S. The van der Waals surface area contributed by atoms with Gasteiger partial charge >= 0.3 is 0 Å². The molecule has 0 fully saturated rings. The highest BCUT2D eigenvalue weighted by atomic mass is 32.2. The number of hydrogen-bond acceptors (Lipinski definition) is 5. The molecule has 0 spiro atoms. The molecule has 0 amide bonds. The third-order valence-electron chi connectivity index (χ3n) is 5.09. The highest BCUT2D eigenvalue weighted by Crippen LogP contribution is 2.34. The first-order valence-electron chi connectivity index (χ1n) is 9.88. The molecule has 8 heteroatoms. The SMILES string of the molecule is CC(C)c1nc(-c2ccc3nc(N)n(S(=O)(=O)C(C)C)c3c2)c(-c2ccccc2)[nH]1. The number of aromatic amines is 1. The molecule has 0 saturated heterocycles. The van der Waals surface area contributed by atoms with Gasteiger partial charge in [0.25, 0.3) is 0 Å². The van der Waals surface area contributed by atoms with Crippen LogP contribution in [0.15, 0.2) is 48.5 Å². The molecule has 2 aromatic heterocycles. The summed E-state index contributed by atoms with van der Waals surface area (Å²) in [6.45, 7) is 7.40. The van der Waals surface area contributed by atoms with Crippen molar-refractivity contribution in [2.24, 2.45) is 0 Å². The first-order valence-corrected chi connectivity index (χ1v) is 11.4. The Morgan fingerprint density at radius 1 is 0.967 bits per heavy atom. The molecule has 0 unspecified atom stereocenters. The Morgan fingerprint density at radius 3 is 2.30 bits per heavy atom. The van der Waals surface area contributed by atoms with Crippen molar-refractivity contribution in [1.29, 1.82) is 0 Å². The zero-order valence-corrected chi connectivity index (χ0v) is 18.2. The number of hydrogen-bond donors (Lipinski definition) is 2. The number of nitrogen functional groups attached to an aromatic ring is 1. The van der Waals surface area contributed by atoms with Crippen LogP contribution in [0.2, 0.25) is 0 Å². The van der Waals surface area contributed by atoms with Gasteiger partial charge in [-0.25, -0.2) is 22.4 Å². The fraction of sp³-hybridized carbons (Fsp3) is 0.273. The first-order chi connectivity index (χ1) is 14.2. The second-order valence-corrected chi connectivity index (χ2v) is 10.2. The fourth-order valence-electron chi connectivity index (χ4n) is 3.39. The summed E-state index contributed by atoms with van der Waals surface area (Å²) >= 11 is 0. The van der Waals surface area contributed by atoms with Crippen LogP contribution < -0.4 is 5.73 Å². The van der Waals surface area contributed by atoms with Crippen LogP contribution >= 0.6 is 0 Å². The van der Waals surface area contributed by atoms with Crippen LogP contribution in [0.4, 0.5) is 5.95 Å². The van der Waals surface area contributed by atoms with Gasteiger partial charge in [-0.3, -0.25) is 0 Å². The average Bonchev–Trinajstić information content (AvgIpc) is 3.29. The summed E-state index contributed by atoms with van der Waals surface area (Å²) in [7, 11) is -3.66. The lowest BCUT2D eigenvalue weighted by Gasteiger charge is -2.11. The predicted molar refractivity (Wildman–Crippen MR) is 121 cm³/mol. The number of aromatic nitrogens is 4. The van der Waals surface area contributed by atoms with E-state index >= 15 is 0 Å². The average molecular weight is 424 g/mol. The molecule has 156 valence electrons. The lowest BCUT2D eigenvalue weighted by Crippen LogP contribution is -2.23. The second-order valence-electron chi connectivity index (χ2n) is 7.90. The summed E-state index contributed by atoms with van der Waals surface area (Å²) < 4.78 is 26.9. The number of H-pyrrole nitrogens is 1. The Balaban J connectivity index is 1.97. The van der Waals surface area contributed by atoms with Crippen LogP contribution in [0.5, 0.6) is 0 Å². The van der Waals surface area contributed by atoms with Crippen LogP contribution in [-0.4, -0.2) is 32.6 Å². The number of nitrogens with zero attached hydrogens (tertiary/aromatic N) is 3. The lowest BCUT2D eigenvalue weighted by molar-refractivity contribution is 0.580. The van der Waals surface area contributed by atoms with Gasteiger partial charge in [0.1, 0.15) is 5.82 Å². The van der Waals surface area contributed by atoms with Crippen molar-refractivity contribution < 1.29 is 8.42 Å². The van der Waals surface area contributed by atoms with Crippen molar-refractivity contribution in [3.63, 3.8) is 0 Å². The Bertz CT molecular complexity index is 1320. The van der Waals surface area contributed by atoms with Gasteiger partial charge in [0.05, 0.1) is 27.7 Å².